The van der Waals surface area contributed by atoms with Gasteiger partial charge in [-0.15, -0.1) is 0 Å². The molecule has 21 heavy (non-hydrogen) atoms. The largest absolute Gasteiger partial charge is 0.504 e. The zero-order chi connectivity index (χ0) is 16.0. The number of ketones is 2. The van der Waals surface area contributed by atoms with E-state index in [4.69, 9.17) is 9.84 Å². The molecule has 0 saturated heterocycles. The van der Waals surface area contributed by atoms with E-state index >= 15 is 0 Å². The molecule has 0 bridgehead atoms. The van der Waals surface area contributed by atoms with E-state index < -0.39 is 23.2 Å². The average molecular weight is 296 g/mol. The highest BCUT2D eigenvalue weighted by molar-refractivity contribution is 5.91. The van der Waals surface area contributed by atoms with Gasteiger partial charge in [-0.2, -0.15) is 0 Å². The Labute approximate surface area is 120 Å². The average Bonchev–Trinajstić information content (AvgIpc) is 2.41. The normalized spacial score (nSPS) is 10.1. The van der Waals surface area contributed by atoms with E-state index in [1.54, 1.807) is 0 Å². The quantitative estimate of drug-likeness (QED) is 0.512. The molecule has 3 N–H and O–H groups in total. The molecule has 0 fully saturated rings. The third kappa shape index (κ3) is 5.13. The number of aromatic hydroxyl groups is 3. The zero-order valence-corrected chi connectivity index (χ0v) is 11.5. The van der Waals surface area contributed by atoms with Crippen LogP contribution in [-0.2, 0) is 14.3 Å². The molecule has 0 aliphatic heterocycles. The van der Waals surface area contributed by atoms with Gasteiger partial charge < -0.3 is 24.9 Å². The van der Waals surface area contributed by atoms with Gasteiger partial charge in [-0.3, -0.25) is 4.79 Å². The molecular formula is C14H16O7. The minimum atomic E-state index is -0.847. The lowest BCUT2D eigenvalue weighted by Gasteiger charge is -2.06. The second-order valence-corrected chi connectivity index (χ2v) is 4.49. The third-order valence-electron chi connectivity index (χ3n) is 2.68. The number of esters is 1. The van der Waals surface area contributed by atoms with Gasteiger partial charge in [0, 0.05) is 19.3 Å². The summed E-state index contributed by atoms with van der Waals surface area (Å²) in [6, 6.07) is 1.88. The molecule has 0 spiro atoms. The molecule has 1 aromatic rings. The number of carbonyl (C=O) groups excluding carboxylic acids is 3. The Hall–Kier alpha value is -2.57. The van der Waals surface area contributed by atoms with Gasteiger partial charge >= 0.3 is 5.97 Å². The first kappa shape index (κ1) is 16.5. The van der Waals surface area contributed by atoms with Crippen LogP contribution in [-0.4, -0.2) is 39.5 Å². The first-order chi connectivity index (χ1) is 9.81. The van der Waals surface area contributed by atoms with Crippen LogP contribution in [0.15, 0.2) is 12.1 Å². The maximum absolute atomic E-state index is 11.6. The van der Waals surface area contributed by atoms with Crippen molar-refractivity contribution in [3.63, 3.8) is 0 Å². The summed E-state index contributed by atoms with van der Waals surface area (Å²) in [4.78, 5) is 33.7. The van der Waals surface area contributed by atoms with Crippen LogP contribution in [0.2, 0.25) is 0 Å². The highest BCUT2D eigenvalue weighted by Gasteiger charge is 2.15. The third-order valence-corrected chi connectivity index (χ3v) is 2.68. The van der Waals surface area contributed by atoms with Gasteiger partial charge in [0.15, 0.2) is 17.2 Å². The van der Waals surface area contributed by atoms with E-state index in [0.29, 0.717) is 0 Å². The molecule has 7 heteroatoms. The summed E-state index contributed by atoms with van der Waals surface area (Å²) in [6.45, 7) is 1.22. The summed E-state index contributed by atoms with van der Waals surface area (Å²) in [5.41, 5.74) is -0.154. The predicted molar refractivity (Wildman–Crippen MR) is 71.3 cm³/mol. The number of Topliss-reactive ketones (excluding diaryl/α,β-unsaturated/α-hetero) is 2. The van der Waals surface area contributed by atoms with E-state index in [1.165, 1.54) is 6.92 Å². The van der Waals surface area contributed by atoms with E-state index in [-0.39, 0.29) is 43.0 Å². The molecule has 0 amide bonds. The van der Waals surface area contributed by atoms with Crippen LogP contribution < -0.4 is 0 Å². The summed E-state index contributed by atoms with van der Waals surface area (Å²) < 4.78 is 4.81. The summed E-state index contributed by atoms with van der Waals surface area (Å²) in [5, 5.41) is 27.7. The maximum Gasteiger partial charge on any atom is 0.338 e. The summed E-state index contributed by atoms with van der Waals surface area (Å²) in [5.74, 6) is -3.17. The fraction of sp³-hybridized carbons (Fsp3) is 0.357. The Morgan fingerprint density at radius 3 is 2.10 bits per heavy atom. The van der Waals surface area contributed by atoms with Gasteiger partial charge in [0.2, 0.25) is 0 Å². The van der Waals surface area contributed by atoms with E-state index in [2.05, 4.69) is 0 Å². The van der Waals surface area contributed by atoms with E-state index in [1.807, 2.05) is 0 Å². The minimum absolute atomic E-state index is 0.0188. The molecule has 0 heterocycles. The van der Waals surface area contributed by atoms with Crippen molar-refractivity contribution in [1.82, 2.24) is 0 Å². The van der Waals surface area contributed by atoms with Gasteiger partial charge in [0.05, 0.1) is 12.2 Å². The second-order valence-electron chi connectivity index (χ2n) is 4.49. The van der Waals surface area contributed by atoms with Gasteiger partial charge in [0.1, 0.15) is 11.6 Å². The van der Waals surface area contributed by atoms with Crippen molar-refractivity contribution in [3.8, 4) is 17.2 Å². The molecule has 1 aromatic carbocycles. The molecule has 7 nitrogen and oxygen atoms in total. The topological polar surface area (TPSA) is 121 Å². The Morgan fingerprint density at radius 1 is 1.00 bits per heavy atom. The number of carbonyl (C=O) groups is 3. The molecular weight excluding hydrogens is 280 g/mol. The summed E-state index contributed by atoms with van der Waals surface area (Å²) in [6.07, 6.45) is 0.245. The van der Waals surface area contributed by atoms with Gasteiger partial charge in [-0.05, 0) is 19.1 Å². The standard InChI is InChI=1S/C14H16O7/c1-8(15)2-3-10(16)4-5-21-14(20)9-6-11(17)13(19)12(18)7-9/h6-7,17-19H,2-5H2,1H3. The van der Waals surface area contributed by atoms with Gasteiger partial charge in [0.25, 0.3) is 0 Å². The van der Waals surface area contributed by atoms with Crippen LogP contribution in [0.5, 0.6) is 17.2 Å². The molecule has 0 atom stereocenters. The van der Waals surface area contributed by atoms with Crippen molar-refractivity contribution in [2.45, 2.75) is 26.2 Å². The number of hydrogen-bond donors (Lipinski definition) is 3. The second kappa shape index (κ2) is 7.28. The van der Waals surface area contributed by atoms with Crippen molar-refractivity contribution in [1.29, 1.82) is 0 Å². The number of phenolic OH excluding ortho intramolecular Hbond substituents is 3. The van der Waals surface area contributed by atoms with Crippen LogP contribution in [0.1, 0.15) is 36.5 Å². The van der Waals surface area contributed by atoms with Crippen LogP contribution >= 0.6 is 0 Å². The maximum atomic E-state index is 11.6. The minimum Gasteiger partial charge on any atom is -0.504 e. The van der Waals surface area contributed by atoms with Crippen molar-refractivity contribution in [2.24, 2.45) is 0 Å². The van der Waals surface area contributed by atoms with Crippen molar-refractivity contribution in [2.75, 3.05) is 6.61 Å². The number of phenols is 3. The van der Waals surface area contributed by atoms with Gasteiger partial charge in [-0.25, -0.2) is 4.79 Å². The van der Waals surface area contributed by atoms with E-state index in [0.717, 1.165) is 12.1 Å². The highest BCUT2D eigenvalue weighted by atomic mass is 16.5. The lowest BCUT2D eigenvalue weighted by atomic mass is 10.1. The molecule has 0 unspecified atom stereocenters. The Kier molecular flexibility index (Phi) is 5.71. The van der Waals surface area contributed by atoms with Crippen molar-refractivity contribution in [3.05, 3.63) is 17.7 Å². The van der Waals surface area contributed by atoms with E-state index in [9.17, 15) is 24.6 Å². The molecule has 0 aliphatic rings. The monoisotopic (exact) mass is 296 g/mol. The van der Waals surface area contributed by atoms with Crippen LogP contribution in [0.3, 0.4) is 0 Å². The molecule has 0 saturated carbocycles. The number of hydrogen-bond acceptors (Lipinski definition) is 7. The predicted octanol–water partition coefficient (Wildman–Crippen LogP) is 1.29. The Balaban J connectivity index is 2.48. The first-order valence-electron chi connectivity index (χ1n) is 6.24. The number of benzene rings is 1. The zero-order valence-electron chi connectivity index (χ0n) is 11.5. The SMILES string of the molecule is CC(=O)CCC(=O)CCOC(=O)c1cc(O)c(O)c(O)c1. The fourth-order valence-electron chi connectivity index (χ4n) is 1.50. The number of ether oxygens (including phenoxy) is 1. The summed E-state index contributed by atoms with van der Waals surface area (Å²) in [7, 11) is 0. The van der Waals surface area contributed by atoms with Crippen molar-refractivity contribution < 1.29 is 34.4 Å². The molecule has 0 aromatic heterocycles. The first-order valence-corrected chi connectivity index (χ1v) is 6.24. The van der Waals surface area contributed by atoms with Crippen molar-refractivity contribution >= 4 is 17.5 Å². The smallest absolute Gasteiger partial charge is 0.338 e. The van der Waals surface area contributed by atoms with Crippen LogP contribution in [0.25, 0.3) is 0 Å². The molecule has 0 radical (unpaired) electrons. The Bertz CT molecular complexity index is 539. The fourth-order valence-corrected chi connectivity index (χ4v) is 1.50. The molecule has 1 rings (SSSR count). The Morgan fingerprint density at radius 2 is 1.57 bits per heavy atom. The molecule has 114 valence electrons. The van der Waals surface area contributed by atoms with Crippen LogP contribution in [0.4, 0.5) is 0 Å². The lowest BCUT2D eigenvalue weighted by Crippen LogP contribution is -2.10. The molecule has 0 aliphatic carbocycles. The van der Waals surface area contributed by atoms with Crippen LogP contribution in [0, 0.1) is 0 Å². The lowest BCUT2D eigenvalue weighted by molar-refractivity contribution is -0.123. The highest BCUT2D eigenvalue weighted by Crippen LogP contribution is 2.35. The van der Waals surface area contributed by atoms with Gasteiger partial charge in [-0.1, -0.05) is 0 Å². The summed E-state index contributed by atoms with van der Waals surface area (Å²) >= 11 is 0. The number of rotatable bonds is 7.